The Kier molecular flexibility index (Phi) is 4.70. The lowest BCUT2D eigenvalue weighted by Crippen LogP contribution is -2.29. The maximum Gasteiger partial charge on any atom is 0.252 e. The molecule has 0 saturated heterocycles. The topological polar surface area (TPSA) is 85.8 Å². The zero-order valence-corrected chi connectivity index (χ0v) is 12.6. The molecule has 0 fully saturated rings. The number of pyridine rings is 1. The minimum absolute atomic E-state index is 0.0804. The summed E-state index contributed by atoms with van der Waals surface area (Å²) in [5, 5.41) is 7.19. The number of hydrogen-bond donors (Lipinski definition) is 2. The standard InChI is InChI=1S/C15H21N5O/c1-10(16)6-7-17-15(21)13-4-5-14(18-9-13)20-12(3)8-11(2)19-20/h4-5,8-10H,6-7,16H2,1-3H3,(H,17,21). The third-order valence-corrected chi connectivity index (χ3v) is 3.12. The van der Waals surface area contributed by atoms with Gasteiger partial charge in [0.05, 0.1) is 11.3 Å². The van der Waals surface area contributed by atoms with Crippen molar-refractivity contribution in [2.45, 2.75) is 33.2 Å². The molecule has 6 heteroatoms. The molecule has 2 heterocycles. The SMILES string of the molecule is Cc1cc(C)n(-c2ccc(C(=O)NCCC(C)N)cn2)n1. The molecule has 1 amide bonds. The zero-order valence-electron chi connectivity index (χ0n) is 12.6. The number of nitrogens with zero attached hydrogens (tertiary/aromatic N) is 3. The molecule has 0 saturated carbocycles. The van der Waals surface area contributed by atoms with E-state index in [1.807, 2.05) is 26.8 Å². The second-order valence-corrected chi connectivity index (χ2v) is 5.27. The third kappa shape index (κ3) is 3.88. The lowest BCUT2D eigenvalue weighted by atomic mass is 10.2. The Morgan fingerprint density at radius 2 is 2.19 bits per heavy atom. The van der Waals surface area contributed by atoms with Crippen molar-refractivity contribution in [3.8, 4) is 5.82 Å². The first-order valence-electron chi connectivity index (χ1n) is 7.01. The summed E-state index contributed by atoms with van der Waals surface area (Å²) in [7, 11) is 0. The van der Waals surface area contributed by atoms with Crippen LogP contribution < -0.4 is 11.1 Å². The summed E-state index contributed by atoms with van der Waals surface area (Å²) in [6.45, 7) is 6.38. The first-order chi connectivity index (χ1) is 9.97. The van der Waals surface area contributed by atoms with Crippen molar-refractivity contribution in [1.29, 1.82) is 0 Å². The molecule has 21 heavy (non-hydrogen) atoms. The number of aromatic nitrogens is 3. The molecule has 1 atom stereocenters. The van der Waals surface area contributed by atoms with Gasteiger partial charge in [0.1, 0.15) is 0 Å². The van der Waals surface area contributed by atoms with E-state index in [9.17, 15) is 4.79 Å². The van der Waals surface area contributed by atoms with Gasteiger partial charge in [0.15, 0.2) is 5.82 Å². The molecule has 0 aliphatic heterocycles. The highest BCUT2D eigenvalue weighted by Crippen LogP contribution is 2.10. The Bertz CT molecular complexity index is 615. The molecule has 0 radical (unpaired) electrons. The number of carbonyl (C=O) groups excluding carboxylic acids is 1. The number of aryl methyl sites for hydroxylation is 2. The first-order valence-corrected chi connectivity index (χ1v) is 7.01. The van der Waals surface area contributed by atoms with Crippen molar-refractivity contribution in [3.63, 3.8) is 0 Å². The van der Waals surface area contributed by atoms with Crippen molar-refractivity contribution < 1.29 is 4.79 Å². The Morgan fingerprint density at radius 1 is 1.43 bits per heavy atom. The molecule has 0 aliphatic carbocycles. The van der Waals surface area contributed by atoms with E-state index < -0.39 is 0 Å². The number of hydrogen-bond acceptors (Lipinski definition) is 4. The van der Waals surface area contributed by atoms with E-state index in [1.165, 1.54) is 0 Å². The minimum Gasteiger partial charge on any atom is -0.352 e. The van der Waals surface area contributed by atoms with Crippen LogP contribution in [0.4, 0.5) is 0 Å². The van der Waals surface area contributed by atoms with Crippen LogP contribution in [-0.2, 0) is 0 Å². The smallest absolute Gasteiger partial charge is 0.252 e. The van der Waals surface area contributed by atoms with E-state index >= 15 is 0 Å². The summed E-state index contributed by atoms with van der Waals surface area (Å²) in [5.74, 6) is 0.566. The molecule has 6 nitrogen and oxygen atoms in total. The quantitative estimate of drug-likeness (QED) is 0.869. The highest BCUT2D eigenvalue weighted by molar-refractivity contribution is 5.93. The molecule has 3 N–H and O–H groups in total. The fraction of sp³-hybridized carbons (Fsp3) is 0.400. The maximum absolute atomic E-state index is 11.9. The van der Waals surface area contributed by atoms with Crippen LogP contribution >= 0.6 is 0 Å². The number of nitrogens with two attached hydrogens (primary N) is 1. The van der Waals surface area contributed by atoms with Crippen molar-refractivity contribution in [1.82, 2.24) is 20.1 Å². The zero-order chi connectivity index (χ0) is 15.4. The monoisotopic (exact) mass is 287 g/mol. The van der Waals surface area contributed by atoms with Gasteiger partial charge >= 0.3 is 0 Å². The van der Waals surface area contributed by atoms with Crippen LogP contribution in [0.2, 0.25) is 0 Å². The average molecular weight is 287 g/mol. The number of carbonyl (C=O) groups is 1. The molecule has 0 bridgehead atoms. The van der Waals surface area contributed by atoms with Crippen LogP contribution in [-0.4, -0.2) is 33.3 Å². The van der Waals surface area contributed by atoms with E-state index in [4.69, 9.17) is 5.73 Å². The number of rotatable bonds is 5. The molecule has 0 aliphatic rings. The maximum atomic E-state index is 11.9. The Labute approximate surface area is 124 Å². The van der Waals surface area contributed by atoms with Crippen molar-refractivity contribution in [2.24, 2.45) is 5.73 Å². The lowest BCUT2D eigenvalue weighted by Gasteiger charge is -2.08. The van der Waals surface area contributed by atoms with Gasteiger partial charge in [-0.3, -0.25) is 4.79 Å². The van der Waals surface area contributed by atoms with E-state index in [0.717, 1.165) is 17.8 Å². The van der Waals surface area contributed by atoms with E-state index in [-0.39, 0.29) is 11.9 Å². The second-order valence-electron chi connectivity index (χ2n) is 5.27. The largest absolute Gasteiger partial charge is 0.352 e. The van der Waals surface area contributed by atoms with Crippen LogP contribution in [0.3, 0.4) is 0 Å². The second kappa shape index (κ2) is 6.49. The van der Waals surface area contributed by atoms with Gasteiger partial charge in [-0.05, 0) is 45.4 Å². The molecule has 2 aromatic heterocycles. The molecular weight excluding hydrogens is 266 g/mol. The van der Waals surface area contributed by atoms with Crippen LogP contribution in [0, 0.1) is 13.8 Å². The predicted molar refractivity (Wildman–Crippen MR) is 81.4 cm³/mol. The summed E-state index contributed by atoms with van der Waals surface area (Å²) in [5.41, 5.74) is 8.12. The van der Waals surface area contributed by atoms with Gasteiger partial charge in [-0.2, -0.15) is 5.10 Å². The first kappa shape index (κ1) is 15.2. The highest BCUT2D eigenvalue weighted by Gasteiger charge is 2.08. The summed E-state index contributed by atoms with van der Waals surface area (Å²) in [4.78, 5) is 16.2. The average Bonchev–Trinajstić information content (AvgIpc) is 2.77. The van der Waals surface area contributed by atoms with Gasteiger partial charge in [-0.1, -0.05) is 0 Å². The van der Waals surface area contributed by atoms with Crippen molar-refractivity contribution in [3.05, 3.63) is 41.3 Å². The van der Waals surface area contributed by atoms with Crippen LogP contribution in [0.15, 0.2) is 24.4 Å². The van der Waals surface area contributed by atoms with Gasteiger partial charge in [0.2, 0.25) is 0 Å². The Balaban J connectivity index is 2.05. The van der Waals surface area contributed by atoms with Crippen molar-refractivity contribution in [2.75, 3.05) is 6.54 Å². The number of amides is 1. The van der Waals surface area contributed by atoms with Gasteiger partial charge in [0.25, 0.3) is 5.91 Å². The molecular formula is C15H21N5O. The summed E-state index contributed by atoms with van der Waals surface area (Å²) in [6.07, 6.45) is 2.32. The van der Waals surface area contributed by atoms with Gasteiger partial charge in [-0.15, -0.1) is 0 Å². The normalized spacial score (nSPS) is 12.2. The van der Waals surface area contributed by atoms with Gasteiger partial charge in [-0.25, -0.2) is 9.67 Å². The Hall–Kier alpha value is -2.21. The van der Waals surface area contributed by atoms with Crippen molar-refractivity contribution >= 4 is 5.91 Å². The molecule has 112 valence electrons. The predicted octanol–water partition coefficient (Wildman–Crippen LogP) is 1.35. The van der Waals surface area contributed by atoms with E-state index in [0.29, 0.717) is 17.9 Å². The summed E-state index contributed by atoms with van der Waals surface area (Å²) in [6, 6.07) is 5.60. The third-order valence-electron chi connectivity index (χ3n) is 3.12. The fourth-order valence-electron chi connectivity index (χ4n) is 2.02. The Morgan fingerprint density at radius 3 is 2.71 bits per heavy atom. The minimum atomic E-state index is -0.136. The van der Waals surface area contributed by atoms with E-state index in [2.05, 4.69) is 15.4 Å². The lowest BCUT2D eigenvalue weighted by molar-refractivity contribution is 0.0952. The molecule has 0 aromatic carbocycles. The summed E-state index contributed by atoms with van der Waals surface area (Å²) >= 11 is 0. The number of nitrogens with one attached hydrogen (secondary N) is 1. The highest BCUT2D eigenvalue weighted by atomic mass is 16.1. The summed E-state index contributed by atoms with van der Waals surface area (Å²) < 4.78 is 1.76. The van der Waals surface area contributed by atoms with E-state index in [1.54, 1.807) is 23.0 Å². The van der Waals surface area contributed by atoms with Crippen LogP contribution in [0.5, 0.6) is 0 Å². The molecule has 1 unspecified atom stereocenters. The van der Waals surface area contributed by atoms with Gasteiger partial charge in [0, 0.05) is 24.5 Å². The van der Waals surface area contributed by atoms with Crippen LogP contribution in [0.1, 0.15) is 35.1 Å². The molecule has 2 aromatic rings. The molecule has 0 spiro atoms. The fourth-order valence-corrected chi connectivity index (χ4v) is 2.02. The molecule has 2 rings (SSSR count). The van der Waals surface area contributed by atoms with Crippen LogP contribution in [0.25, 0.3) is 5.82 Å². The van der Waals surface area contributed by atoms with Gasteiger partial charge < -0.3 is 11.1 Å².